The minimum absolute atomic E-state index is 0.283. The Kier molecular flexibility index (Phi) is 4.09. The van der Waals surface area contributed by atoms with Crippen LogP contribution in [0.1, 0.15) is 17.8 Å². The molecule has 0 unspecified atom stereocenters. The number of benzene rings is 2. The van der Waals surface area contributed by atoms with Crippen molar-refractivity contribution in [2.45, 2.75) is 25.8 Å². The number of nitrogens with two attached hydrogens (primary N) is 1. The fraction of sp³-hybridized carbons (Fsp3) is 0.316. The smallest absolute Gasteiger partial charge is 0.231 e. The monoisotopic (exact) mass is 323 g/mol. The predicted molar refractivity (Wildman–Crippen MR) is 93.4 cm³/mol. The summed E-state index contributed by atoms with van der Waals surface area (Å²) in [4.78, 5) is 4.84. The standard InChI is InChI=1S/C19H21N3O2/c20-9-4-10-22-16-12-18-17(23-13-24-18)11-15(16)21-19(22)8-7-14-5-2-1-3-6-14/h1-3,5-6,11-12H,4,7-10,13,20H2. The summed E-state index contributed by atoms with van der Waals surface area (Å²) in [6.45, 7) is 1.82. The van der Waals surface area contributed by atoms with Gasteiger partial charge >= 0.3 is 0 Å². The van der Waals surface area contributed by atoms with Gasteiger partial charge in [0.1, 0.15) is 5.82 Å². The molecule has 0 amide bonds. The van der Waals surface area contributed by atoms with Gasteiger partial charge in [0, 0.05) is 25.1 Å². The number of aromatic nitrogens is 2. The summed E-state index contributed by atoms with van der Waals surface area (Å²) in [7, 11) is 0. The maximum absolute atomic E-state index is 5.72. The molecule has 2 aromatic carbocycles. The molecule has 124 valence electrons. The number of imidazole rings is 1. The average Bonchev–Trinajstić information content (AvgIpc) is 3.20. The van der Waals surface area contributed by atoms with Crippen LogP contribution in [0.5, 0.6) is 11.5 Å². The Morgan fingerprint density at radius 1 is 1.04 bits per heavy atom. The number of hydrogen-bond acceptors (Lipinski definition) is 4. The van der Waals surface area contributed by atoms with E-state index in [2.05, 4.69) is 28.8 Å². The van der Waals surface area contributed by atoms with E-state index in [-0.39, 0.29) is 6.79 Å². The molecule has 2 heterocycles. The maximum Gasteiger partial charge on any atom is 0.231 e. The molecule has 2 N–H and O–H groups in total. The molecule has 24 heavy (non-hydrogen) atoms. The summed E-state index contributed by atoms with van der Waals surface area (Å²) < 4.78 is 13.3. The second-order valence-electron chi connectivity index (χ2n) is 6.00. The highest BCUT2D eigenvalue weighted by molar-refractivity contribution is 5.81. The summed E-state index contributed by atoms with van der Waals surface area (Å²) >= 11 is 0. The zero-order chi connectivity index (χ0) is 16.4. The number of fused-ring (bicyclic) bond motifs is 2. The summed E-state index contributed by atoms with van der Waals surface area (Å²) in [5.41, 5.74) is 9.09. The Hall–Kier alpha value is -2.53. The van der Waals surface area contributed by atoms with E-state index in [1.54, 1.807) is 0 Å². The molecule has 4 rings (SSSR count). The van der Waals surface area contributed by atoms with Gasteiger partial charge in [-0.3, -0.25) is 0 Å². The van der Waals surface area contributed by atoms with Gasteiger partial charge in [0.2, 0.25) is 6.79 Å². The van der Waals surface area contributed by atoms with E-state index in [0.717, 1.165) is 54.2 Å². The average molecular weight is 323 g/mol. The molecule has 0 bridgehead atoms. The van der Waals surface area contributed by atoms with Gasteiger partial charge in [-0.05, 0) is 24.9 Å². The van der Waals surface area contributed by atoms with E-state index in [1.807, 2.05) is 18.2 Å². The first-order chi connectivity index (χ1) is 11.8. The second-order valence-corrected chi connectivity index (χ2v) is 6.00. The molecule has 0 aliphatic carbocycles. The largest absolute Gasteiger partial charge is 0.454 e. The Balaban J connectivity index is 1.67. The van der Waals surface area contributed by atoms with E-state index in [4.69, 9.17) is 20.2 Å². The lowest BCUT2D eigenvalue weighted by molar-refractivity contribution is 0.174. The number of hydrogen-bond donors (Lipinski definition) is 1. The number of ether oxygens (including phenoxy) is 2. The van der Waals surface area contributed by atoms with Crippen molar-refractivity contribution in [1.29, 1.82) is 0 Å². The molecule has 0 spiro atoms. The fourth-order valence-corrected chi connectivity index (χ4v) is 3.16. The van der Waals surface area contributed by atoms with Crippen molar-refractivity contribution in [2.24, 2.45) is 5.73 Å². The van der Waals surface area contributed by atoms with Crippen LogP contribution >= 0.6 is 0 Å². The summed E-state index contributed by atoms with van der Waals surface area (Å²) in [6.07, 6.45) is 2.80. The van der Waals surface area contributed by atoms with Crippen LogP contribution in [0.15, 0.2) is 42.5 Å². The molecular formula is C19H21N3O2. The molecule has 0 fully saturated rings. The van der Waals surface area contributed by atoms with E-state index in [9.17, 15) is 0 Å². The fourth-order valence-electron chi connectivity index (χ4n) is 3.16. The van der Waals surface area contributed by atoms with Crippen LogP contribution in [0.4, 0.5) is 0 Å². The van der Waals surface area contributed by atoms with Gasteiger partial charge in [0.15, 0.2) is 11.5 Å². The predicted octanol–water partition coefficient (Wildman–Crippen LogP) is 2.90. The number of aryl methyl sites for hydroxylation is 3. The highest BCUT2D eigenvalue weighted by Crippen LogP contribution is 2.36. The molecule has 0 saturated heterocycles. The van der Waals surface area contributed by atoms with Gasteiger partial charge in [-0.2, -0.15) is 0 Å². The van der Waals surface area contributed by atoms with Crippen molar-refractivity contribution in [3.63, 3.8) is 0 Å². The van der Waals surface area contributed by atoms with Crippen molar-refractivity contribution >= 4 is 11.0 Å². The third-order valence-corrected chi connectivity index (χ3v) is 4.39. The van der Waals surface area contributed by atoms with Crippen molar-refractivity contribution < 1.29 is 9.47 Å². The van der Waals surface area contributed by atoms with E-state index >= 15 is 0 Å². The van der Waals surface area contributed by atoms with Crippen LogP contribution < -0.4 is 15.2 Å². The summed E-state index contributed by atoms with van der Waals surface area (Å²) in [6, 6.07) is 14.5. The van der Waals surface area contributed by atoms with Gasteiger partial charge in [-0.15, -0.1) is 0 Å². The topological polar surface area (TPSA) is 62.3 Å². The molecule has 0 radical (unpaired) electrons. The van der Waals surface area contributed by atoms with Crippen LogP contribution in [-0.4, -0.2) is 22.9 Å². The highest BCUT2D eigenvalue weighted by Gasteiger charge is 2.19. The van der Waals surface area contributed by atoms with Gasteiger partial charge < -0.3 is 19.8 Å². The third-order valence-electron chi connectivity index (χ3n) is 4.39. The van der Waals surface area contributed by atoms with Crippen LogP contribution in [0.3, 0.4) is 0 Å². The molecule has 5 nitrogen and oxygen atoms in total. The quantitative estimate of drug-likeness (QED) is 0.757. The normalized spacial score (nSPS) is 12.9. The zero-order valence-corrected chi connectivity index (χ0v) is 13.6. The molecular weight excluding hydrogens is 302 g/mol. The van der Waals surface area contributed by atoms with Crippen molar-refractivity contribution in [1.82, 2.24) is 9.55 Å². The van der Waals surface area contributed by atoms with Crippen LogP contribution in [0.2, 0.25) is 0 Å². The van der Waals surface area contributed by atoms with E-state index in [1.165, 1.54) is 5.56 Å². The Bertz CT molecular complexity index is 843. The lowest BCUT2D eigenvalue weighted by Gasteiger charge is -2.09. The lowest BCUT2D eigenvalue weighted by atomic mass is 10.1. The summed E-state index contributed by atoms with van der Waals surface area (Å²) in [5.74, 6) is 2.66. The molecule has 3 aromatic rings. The molecule has 5 heteroatoms. The summed E-state index contributed by atoms with van der Waals surface area (Å²) in [5, 5.41) is 0. The van der Waals surface area contributed by atoms with Crippen LogP contribution in [0, 0.1) is 0 Å². The van der Waals surface area contributed by atoms with Crippen LogP contribution in [0.25, 0.3) is 11.0 Å². The second kappa shape index (κ2) is 6.53. The SMILES string of the molecule is NCCCn1c(CCc2ccccc2)nc2cc3c(cc21)OCO3. The first kappa shape index (κ1) is 15.0. The molecule has 0 atom stereocenters. The van der Waals surface area contributed by atoms with E-state index in [0.29, 0.717) is 6.54 Å². The minimum atomic E-state index is 0.283. The van der Waals surface area contributed by atoms with Crippen LogP contribution in [-0.2, 0) is 19.4 Å². The number of rotatable bonds is 6. The molecule has 0 saturated carbocycles. The zero-order valence-electron chi connectivity index (χ0n) is 13.6. The molecule has 1 aromatic heterocycles. The first-order valence-electron chi connectivity index (χ1n) is 8.38. The van der Waals surface area contributed by atoms with Gasteiger partial charge in [-0.1, -0.05) is 30.3 Å². The van der Waals surface area contributed by atoms with Crippen molar-refractivity contribution in [2.75, 3.05) is 13.3 Å². The minimum Gasteiger partial charge on any atom is -0.454 e. The number of nitrogens with zero attached hydrogens (tertiary/aromatic N) is 2. The Morgan fingerprint density at radius 2 is 1.83 bits per heavy atom. The third kappa shape index (κ3) is 2.83. The van der Waals surface area contributed by atoms with Crippen molar-refractivity contribution in [3.05, 3.63) is 53.9 Å². The molecule has 1 aliphatic heterocycles. The Labute approximate surface area is 141 Å². The lowest BCUT2D eigenvalue weighted by Crippen LogP contribution is -2.09. The molecule has 1 aliphatic rings. The maximum atomic E-state index is 5.72. The first-order valence-corrected chi connectivity index (χ1v) is 8.38. The highest BCUT2D eigenvalue weighted by atomic mass is 16.7. The van der Waals surface area contributed by atoms with Gasteiger partial charge in [0.05, 0.1) is 11.0 Å². The van der Waals surface area contributed by atoms with Crippen molar-refractivity contribution in [3.8, 4) is 11.5 Å². The van der Waals surface area contributed by atoms with E-state index < -0.39 is 0 Å². The Morgan fingerprint density at radius 3 is 2.62 bits per heavy atom. The van der Waals surface area contributed by atoms with Gasteiger partial charge in [0.25, 0.3) is 0 Å². The van der Waals surface area contributed by atoms with Gasteiger partial charge in [-0.25, -0.2) is 4.98 Å².